The molecule has 0 saturated heterocycles. The Bertz CT molecular complexity index is 461. The standard InChI is InChI=1S/C12H15ClF2N2O2S/c1-7(18)5-6-16-12(19)17-9-4-2-3-8(13)10(9)20-11(14)15/h2-4,7,11,18H,5-6H2,1H3,(H2,16,17,19). The number of thioether (sulfide) groups is 1. The molecule has 2 amide bonds. The van der Waals surface area contributed by atoms with Crippen molar-refractivity contribution in [1.82, 2.24) is 5.32 Å². The van der Waals surface area contributed by atoms with E-state index in [4.69, 9.17) is 16.7 Å². The minimum absolute atomic E-state index is 0.120. The Labute approximate surface area is 124 Å². The quantitative estimate of drug-likeness (QED) is 0.701. The van der Waals surface area contributed by atoms with E-state index in [1.54, 1.807) is 13.0 Å². The maximum absolute atomic E-state index is 12.5. The Kier molecular flexibility index (Phi) is 7.04. The Hall–Kier alpha value is -1.05. The van der Waals surface area contributed by atoms with Crippen LogP contribution in [0, 0.1) is 0 Å². The lowest BCUT2D eigenvalue weighted by Gasteiger charge is -2.13. The molecule has 0 aliphatic heterocycles. The molecule has 0 bridgehead atoms. The number of aliphatic hydroxyl groups excluding tert-OH is 1. The Morgan fingerprint density at radius 1 is 1.50 bits per heavy atom. The molecule has 8 heteroatoms. The van der Waals surface area contributed by atoms with Crippen molar-refractivity contribution < 1.29 is 18.7 Å². The van der Waals surface area contributed by atoms with E-state index < -0.39 is 17.9 Å². The zero-order valence-corrected chi connectivity index (χ0v) is 12.3. The van der Waals surface area contributed by atoms with Crippen molar-refractivity contribution in [3.05, 3.63) is 23.2 Å². The van der Waals surface area contributed by atoms with E-state index in [9.17, 15) is 13.6 Å². The van der Waals surface area contributed by atoms with Crippen LogP contribution in [-0.2, 0) is 0 Å². The van der Waals surface area contributed by atoms with Crippen LogP contribution in [0.15, 0.2) is 23.1 Å². The van der Waals surface area contributed by atoms with Gasteiger partial charge in [-0.05, 0) is 25.5 Å². The second kappa shape index (κ2) is 8.28. The van der Waals surface area contributed by atoms with Gasteiger partial charge in [0.05, 0.1) is 21.7 Å². The van der Waals surface area contributed by atoms with Gasteiger partial charge in [0.25, 0.3) is 5.76 Å². The minimum atomic E-state index is -2.63. The molecule has 112 valence electrons. The molecular weight excluding hydrogens is 310 g/mol. The topological polar surface area (TPSA) is 61.4 Å². The highest BCUT2D eigenvalue weighted by molar-refractivity contribution is 7.99. The van der Waals surface area contributed by atoms with Gasteiger partial charge in [-0.15, -0.1) is 0 Å². The van der Waals surface area contributed by atoms with E-state index in [2.05, 4.69) is 10.6 Å². The molecule has 1 aromatic rings. The van der Waals surface area contributed by atoms with Gasteiger partial charge in [-0.1, -0.05) is 29.4 Å². The summed E-state index contributed by atoms with van der Waals surface area (Å²) in [4.78, 5) is 11.7. The number of halogens is 3. The Morgan fingerprint density at radius 3 is 2.80 bits per heavy atom. The Morgan fingerprint density at radius 2 is 2.20 bits per heavy atom. The largest absolute Gasteiger partial charge is 0.393 e. The fraction of sp³-hybridized carbons (Fsp3) is 0.417. The molecular formula is C12H15ClF2N2O2S. The summed E-state index contributed by atoms with van der Waals surface area (Å²) in [6, 6.07) is 3.99. The van der Waals surface area contributed by atoms with Crippen molar-refractivity contribution >= 4 is 35.1 Å². The first-order valence-electron chi connectivity index (χ1n) is 5.86. The Balaban J connectivity index is 2.66. The van der Waals surface area contributed by atoms with Gasteiger partial charge in [0, 0.05) is 6.54 Å². The SMILES string of the molecule is CC(O)CCNC(=O)Nc1cccc(Cl)c1SC(F)F. The van der Waals surface area contributed by atoms with Crippen molar-refractivity contribution in [2.75, 3.05) is 11.9 Å². The molecule has 0 aliphatic rings. The summed E-state index contributed by atoms with van der Waals surface area (Å²) in [5.74, 6) is -2.63. The van der Waals surface area contributed by atoms with Gasteiger partial charge in [0.1, 0.15) is 0 Å². The van der Waals surface area contributed by atoms with Gasteiger partial charge in [-0.3, -0.25) is 0 Å². The van der Waals surface area contributed by atoms with Crippen LogP contribution in [0.2, 0.25) is 5.02 Å². The molecule has 1 rings (SSSR count). The van der Waals surface area contributed by atoms with Gasteiger partial charge in [-0.25, -0.2) is 4.79 Å². The van der Waals surface area contributed by atoms with Crippen molar-refractivity contribution in [2.24, 2.45) is 0 Å². The zero-order valence-electron chi connectivity index (χ0n) is 10.7. The van der Waals surface area contributed by atoms with Gasteiger partial charge >= 0.3 is 6.03 Å². The molecule has 20 heavy (non-hydrogen) atoms. The summed E-state index contributed by atoms with van der Waals surface area (Å²) in [6.07, 6.45) is -0.117. The lowest BCUT2D eigenvalue weighted by atomic mass is 10.3. The highest BCUT2D eigenvalue weighted by Gasteiger charge is 2.15. The first kappa shape index (κ1) is 17.0. The number of carbonyl (C=O) groups excluding carboxylic acids is 1. The van der Waals surface area contributed by atoms with Gasteiger partial charge in [0.2, 0.25) is 0 Å². The number of urea groups is 1. The molecule has 4 nitrogen and oxygen atoms in total. The van der Waals surface area contributed by atoms with Crippen molar-refractivity contribution in [1.29, 1.82) is 0 Å². The fourth-order valence-electron chi connectivity index (χ4n) is 1.38. The third-order valence-electron chi connectivity index (χ3n) is 2.27. The second-order valence-corrected chi connectivity index (χ2v) is 5.42. The van der Waals surface area contributed by atoms with Crippen molar-refractivity contribution in [2.45, 2.75) is 30.1 Å². The number of nitrogens with one attached hydrogen (secondary N) is 2. The summed E-state index contributed by atoms with van der Waals surface area (Å²) < 4.78 is 24.9. The third kappa shape index (κ3) is 5.94. The molecule has 0 radical (unpaired) electrons. The fourth-order valence-corrected chi connectivity index (χ4v) is 2.29. The third-order valence-corrected chi connectivity index (χ3v) is 3.55. The molecule has 0 saturated carbocycles. The number of alkyl halides is 2. The number of aliphatic hydroxyl groups is 1. The maximum atomic E-state index is 12.5. The number of carbonyl (C=O) groups is 1. The zero-order chi connectivity index (χ0) is 15.1. The molecule has 0 spiro atoms. The molecule has 0 aromatic heterocycles. The number of benzene rings is 1. The average Bonchev–Trinajstić information content (AvgIpc) is 2.32. The molecule has 0 heterocycles. The van der Waals surface area contributed by atoms with E-state index in [0.29, 0.717) is 6.42 Å². The van der Waals surface area contributed by atoms with Gasteiger partial charge in [-0.2, -0.15) is 8.78 Å². The summed E-state index contributed by atoms with van der Waals surface area (Å²) in [5.41, 5.74) is 0.220. The van der Waals surface area contributed by atoms with Crippen LogP contribution >= 0.6 is 23.4 Å². The van der Waals surface area contributed by atoms with E-state index in [-0.39, 0.29) is 33.9 Å². The maximum Gasteiger partial charge on any atom is 0.319 e. The van der Waals surface area contributed by atoms with Crippen LogP contribution in [0.3, 0.4) is 0 Å². The average molecular weight is 325 g/mol. The van der Waals surface area contributed by atoms with Crippen LogP contribution in [0.25, 0.3) is 0 Å². The van der Waals surface area contributed by atoms with Crippen molar-refractivity contribution in [3.63, 3.8) is 0 Å². The van der Waals surface area contributed by atoms with Crippen LogP contribution in [0.4, 0.5) is 19.3 Å². The summed E-state index contributed by atoms with van der Waals surface area (Å²) in [7, 11) is 0. The summed E-state index contributed by atoms with van der Waals surface area (Å²) in [6.45, 7) is 1.88. The number of amides is 2. The normalized spacial score (nSPS) is 12.3. The molecule has 1 unspecified atom stereocenters. The highest BCUT2D eigenvalue weighted by atomic mass is 35.5. The molecule has 0 fully saturated rings. The van der Waals surface area contributed by atoms with Gasteiger partial charge < -0.3 is 15.7 Å². The number of hydrogen-bond donors (Lipinski definition) is 3. The van der Waals surface area contributed by atoms with Gasteiger partial charge in [0.15, 0.2) is 0 Å². The predicted molar refractivity (Wildman–Crippen MR) is 76.6 cm³/mol. The monoisotopic (exact) mass is 324 g/mol. The molecule has 1 atom stereocenters. The smallest absolute Gasteiger partial charge is 0.319 e. The molecule has 0 aliphatic carbocycles. The minimum Gasteiger partial charge on any atom is -0.393 e. The van der Waals surface area contributed by atoms with Crippen LogP contribution in [0.1, 0.15) is 13.3 Å². The molecule has 1 aromatic carbocycles. The lowest BCUT2D eigenvalue weighted by Crippen LogP contribution is -2.31. The number of rotatable bonds is 6. The predicted octanol–water partition coefficient (Wildman–Crippen LogP) is 3.55. The lowest BCUT2D eigenvalue weighted by molar-refractivity contribution is 0.184. The molecule has 3 N–H and O–H groups in total. The van der Waals surface area contributed by atoms with E-state index in [0.717, 1.165) is 0 Å². The van der Waals surface area contributed by atoms with E-state index in [1.165, 1.54) is 12.1 Å². The highest BCUT2D eigenvalue weighted by Crippen LogP contribution is 2.37. The number of hydrogen-bond acceptors (Lipinski definition) is 3. The van der Waals surface area contributed by atoms with Crippen LogP contribution < -0.4 is 10.6 Å². The first-order chi connectivity index (χ1) is 9.40. The van der Waals surface area contributed by atoms with Crippen LogP contribution in [0.5, 0.6) is 0 Å². The summed E-state index contributed by atoms with van der Waals surface area (Å²) >= 11 is 6.12. The van der Waals surface area contributed by atoms with E-state index in [1.807, 2.05) is 0 Å². The van der Waals surface area contributed by atoms with E-state index >= 15 is 0 Å². The van der Waals surface area contributed by atoms with Crippen molar-refractivity contribution in [3.8, 4) is 0 Å². The second-order valence-electron chi connectivity index (χ2n) is 4.01. The first-order valence-corrected chi connectivity index (χ1v) is 7.12. The number of anilines is 1. The van der Waals surface area contributed by atoms with Crippen LogP contribution in [-0.4, -0.2) is 29.5 Å². The summed E-state index contributed by atoms with van der Waals surface area (Å²) in [5, 5.41) is 14.2.